The maximum Gasteiger partial charge on any atom is 0.257 e. The van der Waals surface area contributed by atoms with E-state index in [4.69, 9.17) is 9.88 Å². The van der Waals surface area contributed by atoms with Gasteiger partial charge in [-0.2, -0.15) is 0 Å². The van der Waals surface area contributed by atoms with Crippen molar-refractivity contribution in [2.24, 2.45) is 10.6 Å². The van der Waals surface area contributed by atoms with Crippen molar-refractivity contribution in [3.8, 4) is 5.88 Å². The van der Waals surface area contributed by atoms with Crippen molar-refractivity contribution in [2.45, 2.75) is 30.7 Å². The lowest BCUT2D eigenvalue weighted by Gasteiger charge is -2.09. The van der Waals surface area contributed by atoms with Gasteiger partial charge in [0.25, 0.3) is 5.91 Å². The second-order valence-corrected chi connectivity index (χ2v) is 8.49. The fraction of sp³-hybridized carbons (Fsp3) is 0.333. The lowest BCUT2D eigenvalue weighted by Crippen LogP contribution is -2.29. The number of rotatable bonds is 5. The molecule has 1 saturated carbocycles. The fourth-order valence-electron chi connectivity index (χ4n) is 3.34. The van der Waals surface area contributed by atoms with Crippen molar-refractivity contribution in [1.82, 2.24) is 10.3 Å². The summed E-state index contributed by atoms with van der Waals surface area (Å²) >= 11 is 0. The highest BCUT2D eigenvalue weighted by Crippen LogP contribution is 2.58. The SMILES string of the molecule is COc1ncccc1C(=O)NC1C(c2ccc(S(N)(=O)=O)cc2)C1(C)C. The molecule has 7 nitrogen and oxygen atoms in total. The molecular formula is C18H21N3O4S. The maximum absolute atomic E-state index is 12.6. The summed E-state index contributed by atoms with van der Waals surface area (Å²) in [6.07, 6.45) is 1.56. The molecule has 1 fully saturated rings. The van der Waals surface area contributed by atoms with Crippen LogP contribution in [0.5, 0.6) is 5.88 Å². The van der Waals surface area contributed by atoms with Crippen molar-refractivity contribution < 1.29 is 17.9 Å². The Morgan fingerprint density at radius 2 is 1.88 bits per heavy atom. The minimum absolute atomic E-state index is 0.0698. The first-order valence-corrected chi connectivity index (χ1v) is 9.63. The molecule has 3 N–H and O–H groups in total. The standard InChI is InChI=1S/C18H21N3O4S/c1-18(2)14(11-6-8-12(9-7-11)26(19,23)24)15(18)21-16(22)13-5-4-10-20-17(13)25-3/h4-10,14-15H,1-3H3,(H,21,22)(H2,19,23,24). The predicted molar refractivity (Wildman–Crippen MR) is 96.4 cm³/mol. The van der Waals surface area contributed by atoms with E-state index in [0.717, 1.165) is 5.56 Å². The molecule has 1 heterocycles. The molecular weight excluding hydrogens is 354 g/mol. The molecule has 1 aromatic heterocycles. The topological polar surface area (TPSA) is 111 Å². The van der Waals surface area contributed by atoms with Crippen LogP contribution in [0.3, 0.4) is 0 Å². The van der Waals surface area contributed by atoms with E-state index in [1.54, 1.807) is 30.5 Å². The molecule has 26 heavy (non-hydrogen) atoms. The van der Waals surface area contributed by atoms with Crippen molar-refractivity contribution in [2.75, 3.05) is 7.11 Å². The van der Waals surface area contributed by atoms with Crippen LogP contribution in [-0.4, -0.2) is 32.5 Å². The summed E-state index contributed by atoms with van der Waals surface area (Å²) in [7, 11) is -2.25. The number of carbonyl (C=O) groups excluding carboxylic acids is 1. The lowest BCUT2D eigenvalue weighted by atomic mass is 10.0. The molecule has 1 amide bonds. The third-order valence-electron chi connectivity index (χ3n) is 4.89. The first kappa shape index (κ1) is 18.3. The number of methoxy groups -OCH3 is 1. The Morgan fingerprint density at radius 3 is 2.46 bits per heavy atom. The number of pyridine rings is 1. The first-order valence-electron chi connectivity index (χ1n) is 8.09. The second-order valence-electron chi connectivity index (χ2n) is 6.92. The Balaban J connectivity index is 1.79. The summed E-state index contributed by atoms with van der Waals surface area (Å²) in [4.78, 5) is 16.7. The number of hydrogen-bond acceptors (Lipinski definition) is 5. The first-order chi connectivity index (χ1) is 12.2. The van der Waals surface area contributed by atoms with Gasteiger partial charge in [0.2, 0.25) is 15.9 Å². The van der Waals surface area contributed by atoms with Crippen LogP contribution in [0.2, 0.25) is 0 Å². The van der Waals surface area contributed by atoms with Gasteiger partial charge in [0.05, 0.1) is 12.0 Å². The fourth-order valence-corrected chi connectivity index (χ4v) is 3.85. The summed E-state index contributed by atoms with van der Waals surface area (Å²) in [5, 5.41) is 8.16. The summed E-state index contributed by atoms with van der Waals surface area (Å²) in [6.45, 7) is 4.10. The van der Waals surface area contributed by atoms with E-state index in [2.05, 4.69) is 24.1 Å². The van der Waals surface area contributed by atoms with E-state index in [-0.39, 0.29) is 34.1 Å². The molecule has 0 radical (unpaired) electrons. The Hall–Kier alpha value is -2.45. The molecule has 0 bridgehead atoms. The van der Waals surface area contributed by atoms with Gasteiger partial charge in [-0.3, -0.25) is 4.79 Å². The molecule has 1 aliphatic carbocycles. The second kappa shape index (κ2) is 6.37. The van der Waals surface area contributed by atoms with Gasteiger partial charge in [-0.1, -0.05) is 26.0 Å². The average Bonchev–Trinajstić information content (AvgIpc) is 3.14. The molecule has 2 unspecified atom stereocenters. The highest BCUT2D eigenvalue weighted by molar-refractivity contribution is 7.89. The van der Waals surface area contributed by atoms with Gasteiger partial charge in [-0.05, 0) is 35.2 Å². The minimum atomic E-state index is -3.72. The summed E-state index contributed by atoms with van der Waals surface area (Å²) < 4.78 is 27.9. The quantitative estimate of drug-likeness (QED) is 0.825. The van der Waals surface area contributed by atoms with Crippen molar-refractivity contribution in [3.63, 3.8) is 0 Å². The van der Waals surface area contributed by atoms with E-state index in [9.17, 15) is 13.2 Å². The number of primary sulfonamides is 1. The van der Waals surface area contributed by atoms with Crippen molar-refractivity contribution >= 4 is 15.9 Å². The van der Waals surface area contributed by atoms with Crippen LogP contribution in [0.4, 0.5) is 0 Å². The Morgan fingerprint density at radius 1 is 1.23 bits per heavy atom. The van der Waals surface area contributed by atoms with Gasteiger partial charge in [-0.15, -0.1) is 0 Å². The number of nitrogens with two attached hydrogens (primary N) is 1. The van der Waals surface area contributed by atoms with Crippen LogP contribution in [0.1, 0.15) is 35.7 Å². The molecule has 3 rings (SSSR count). The molecule has 138 valence electrons. The Labute approximate surface area is 152 Å². The van der Waals surface area contributed by atoms with Gasteiger partial charge < -0.3 is 10.1 Å². The van der Waals surface area contributed by atoms with E-state index < -0.39 is 10.0 Å². The van der Waals surface area contributed by atoms with Gasteiger partial charge in [0.15, 0.2) is 0 Å². The zero-order chi connectivity index (χ0) is 19.1. The zero-order valence-electron chi connectivity index (χ0n) is 14.8. The van der Waals surface area contributed by atoms with Crippen LogP contribution < -0.4 is 15.2 Å². The zero-order valence-corrected chi connectivity index (χ0v) is 15.6. The number of sulfonamides is 1. The lowest BCUT2D eigenvalue weighted by molar-refractivity contribution is 0.0942. The minimum Gasteiger partial charge on any atom is -0.480 e. The normalized spacial score (nSPS) is 21.1. The monoisotopic (exact) mass is 375 g/mol. The third kappa shape index (κ3) is 3.30. The molecule has 1 aromatic carbocycles. The molecule has 2 atom stereocenters. The smallest absolute Gasteiger partial charge is 0.257 e. The van der Waals surface area contributed by atoms with Crippen LogP contribution in [0.25, 0.3) is 0 Å². The van der Waals surface area contributed by atoms with Crippen LogP contribution in [0.15, 0.2) is 47.5 Å². The number of ether oxygens (including phenoxy) is 1. The molecule has 0 aliphatic heterocycles. The van der Waals surface area contributed by atoms with E-state index in [1.165, 1.54) is 19.2 Å². The summed E-state index contributed by atoms with van der Waals surface area (Å²) in [5.41, 5.74) is 1.17. The van der Waals surface area contributed by atoms with E-state index in [1.807, 2.05) is 0 Å². The maximum atomic E-state index is 12.6. The Kier molecular flexibility index (Phi) is 4.49. The number of nitrogens with zero attached hydrogens (tertiary/aromatic N) is 1. The summed E-state index contributed by atoms with van der Waals surface area (Å²) in [6, 6.07) is 9.71. The molecule has 2 aromatic rings. The van der Waals surface area contributed by atoms with Gasteiger partial charge in [0, 0.05) is 18.2 Å². The number of benzene rings is 1. The van der Waals surface area contributed by atoms with Crippen LogP contribution in [0, 0.1) is 5.41 Å². The highest BCUT2D eigenvalue weighted by atomic mass is 32.2. The third-order valence-corrected chi connectivity index (χ3v) is 5.82. The Bertz CT molecular complexity index is 939. The van der Waals surface area contributed by atoms with Crippen molar-refractivity contribution in [1.29, 1.82) is 0 Å². The van der Waals surface area contributed by atoms with Crippen molar-refractivity contribution in [3.05, 3.63) is 53.7 Å². The number of aromatic nitrogens is 1. The average molecular weight is 375 g/mol. The number of amides is 1. The predicted octanol–water partition coefficient (Wildman–Crippen LogP) is 1.66. The largest absolute Gasteiger partial charge is 0.480 e. The molecule has 8 heteroatoms. The highest BCUT2D eigenvalue weighted by Gasteiger charge is 2.59. The van der Waals surface area contributed by atoms with Crippen LogP contribution >= 0.6 is 0 Å². The summed E-state index contributed by atoms with van der Waals surface area (Å²) in [5.74, 6) is 0.0952. The molecule has 0 spiro atoms. The number of hydrogen-bond donors (Lipinski definition) is 2. The number of carbonyl (C=O) groups is 1. The van der Waals surface area contributed by atoms with Crippen LogP contribution in [-0.2, 0) is 10.0 Å². The van der Waals surface area contributed by atoms with Gasteiger partial charge in [-0.25, -0.2) is 18.5 Å². The molecule has 1 aliphatic rings. The van der Waals surface area contributed by atoms with E-state index >= 15 is 0 Å². The van der Waals surface area contributed by atoms with Gasteiger partial charge in [0.1, 0.15) is 5.56 Å². The number of nitrogens with one attached hydrogen (secondary N) is 1. The van der Waals surface area contributed by atoms with E-state index in [0.29, 0.717) is 5.56 Å². The molecule has 0 saturated heterocycles. The van der Waals surface area contributed by atoms with Gasteiger partial charge >= 0.3 is 0 Å².